The van der Waals surface area contributed by atoms with E-state index in [4.69, 9.17) is 14.0 Å². The number of ether oxygens (including phenoxy) is 2. The van der Waals surface area contributed by atoms with E-state index in [0.29, 0.717) is 29.7 Å². The molecule has 1 N–H and O–H groups in total. The lowest BCUT2D eigenvalue weighted by Gasteiger charge is -2.22. The van der Waals surface area contributed by atoms with Gasteiger partial charge in [-0.05, 0) is 43.5 Å². The fourth-order valence-electron chi connectivity index (χ4n) is 3.24. The summed E-state index contributed by atoms with van der Waals surface area (Å²) in [5, 5.41) is 13.6. The normalized spacial score (nSPS) is 12.2. The maximum absolute atomic E-state index is 13.7. The Morgan fingerprint density at radius 1 is 1.16 bits per heavy atom. The molecule has 1 heterocycles. The summed E-state index contributed by atoms with van der Waals surface area (Å²) < 4.78 is 31.6. The summed E-state index contributed by atoms with van der Waals surface area (Å²) >= 11 is 0. The van der Waals surface area contributed by atoms with Gasteiger partial charge in [-0.15, -0.1) is 0 Å². The van der Waals surface area contributed by atoms with Crippen molar-refractivity contribution in [3.05, 3.63) is 64.9 Å². The maximum atomic E-state index is 13.7. The molecule has 1 unspecified atom stereocenters. The van der Waals surface area contributed by atoms with E-state index in [1.165, 1.54) is 0 Å². The Morgan fingerprint density at radius 3 is 2.58 bits per heavy atom. The van der Waals surface area contributed by atoms with Crippen LogP contribution in [-0.2, 0) is 33.7 Å². The number of nitrogens with zero attached hydrogens (tertiary/aromatic N) is 2. The van der Waals surface area contributed by atoms with Crippen LogP contribution < -0.4 is 4.31 Å². The van der Waals surface area contributed by atoms with Gasteiger partial charge < -0.3 is 19.1 Å². The molecule has 2 aromatic carbocycles. The quantitative estimate of drug-likeness (QED) is 0.474. The highest BCUT2D eigenvalue weighted by Crippen LogP contribution is 2.33. The fourth-order valence-corrected chi connectivity index (χ4v) is 4.57. The average molecular weight is 445 g/mol. The number of anilines is 1. The third kappa shape index (κ3) is 5.04. The summed E-state index contributed by atoms with van der Waals surface area (Å²) in [7, 11) is -0.0587. The number of hydrogen-bond acceptors (Lipinski definition) is 6. The smallest absolute Gasteiger partial charge is 0.189 e. The molecule has 7 nitrogen and oxygen atoms in total. The number of hydrogen-bond donors (Lipinski definition) is 1. The summed E-state index contributed by atoms with van der Waals surface area (Å²) in [6.45, 7) is 6.62. The number of methoxy groups -OCH3 is 1. The van der Waals surface area contributed by atoms with E-state index >= 15 is 0 Å². The molecule has 0 saturated carbocycles. The molecule has 31 heavy (non-hydrogen) atoms. The second-order valence-corrected chi connectivity index (χ2v) is 8.39. The number of rotatable bonds is 10. The van der Waals surface area contributed by atoms with Crippen LogP contribution >= 0.6 is 0 Å². The molecular weight excluding hydrogens is 416 g/mol. The van der Waals surface area contributed by atoms with Crippen LogP contribution in [0.5, 0.6) is 0 Å². The number of aliphatic hydroxyl groups is 1. The van der Waals surface area contributed by atoms with Gasteiger partial charge in [-0.25, -0.2) is 8.51 Å². The Balaban J connectivity index is 2.09. The Bertz CT molecular complexity index is 1050. The number of aromatic nitrogens is 1. The predicted octanol–water partition coefficient (Wildman–Crippen LogP) is 4.12. The summed E-state index contributed by atoms with van der Waals surface area (Å²) in [5.41, 5.74) is 4.25. The van der Waals surface area contributed by atoms with Crippen LogP contribution in [0, 0.1) is 13.8 Å². The standard InChI is InChI=1S/C23H28N2O5S/c1-5-29-14-19-12-18(13-26)10-11-20(19)21-8-6-7-9-22(21)31(27)25(15-28-4)23-16(2)17(3)30-24-23/h6-12,26H,5,13-15H2,1-4H3. The van der Waals surface area contributed by atoms with Crippen molar-refractivity contribution >= 4 is 16.8 Å². The van der Waals surface area contributed by atoms with Crippen molar-refractivity contribution in [3.8, 4) is 11.1 Å². The molecule has 0 spiro atoms. The Kier molecular flexibility index (Phi) is 7.97. The zero-order chi connectivity index (χ0) is 22.4. The minimum absolute atomic E-state index is 0.0562. The molecule has 166 valence electrons. The monoisotopic (exact) mass is 444 g/mol. The highest BCUT2D eigenvalue weighted by atomic mass is 32.2. The van der Waals surface area contributed by atoms with Crippen molar-refractivity contribution in [3.63, 3.8) is 0 Å². The Hall–Kier alpha value is -2.52. The molecule has 0 saturated heterocycles. The summed E-state index contributed by atoms with van der Waals surface area (Å²) in [6.07, 6.45) is 0. The zero-order valence-corrected chi connectivity index (χ0v) is 19.1. The van der Waals surface area contributed by atoms with E-state index in [1.54, 1.807) is 11.4 Å². The van der Waals surface area contributed by atoms with Crippen molar-refractivity contribution in [1.29, 1.82) is 0 Å². The van der Waals surface area contributed by atoms with Crippen molar-refractivity contribution < 1.29 is 23.3 Å². The third-order valence-corrected chi connectivity index (χ3v) is 6.41. The molecule has 3 rings (SSSR count). The second-order valence-electron chi connectivity index (χ2n) is 7.02. The highest BCUT2D eigenvalue weighted by molar-refractivity contribution is 7.86. The van der Waals surface area contributed by atoms with Crippen molar-refractivity contribution in [2.24, 2.45) is 0 Å². The minimum Gasteiger partial charge on any atom is -0.392 e. The molecular formula is C23H28N2O5S. The van der Waals surface area contributed by atoms with E-state index in [1.807, 2.05) is 63.2 Å². The van der Waals surface area contributed by atoms with Gasteiger partial charge in [0, 0.05) is 24.8 Å². The van der Waals surface area contributed by atoms with Crippen LogP contribution in [0.4, 0.5) is 5.82 Å². The first-order chi connectivity index (χ1) is 15.0. The molecule has 8 heteroatoms. The van der Waals surface area contributed by atoms with Crippen LogP contribution in [0.3, 0.4) is 0 Å². The molecule has 3 aromatic rings. The zero-order valence-electron chi connectivity index (χ0n) is 18.3. The maximum Gasteiger partial charge on any atom is 0.189 e. The lowest BCUT2D eigenvalue weighted by molar-refractivity contribution is 0.134. The summed E-state index contributed by atoms with van der Waals surface area (Å²) in [5.74, 6) is 1.15. The van der Waals surface area contributed by atoms with Gasteiger partial charge in [-0.1, -0.05) is 41.6 Å². The Labute approximate surface area is 185 Å². The molecule has 0 bridgehead atoms. The SMILES string of the molecule is CCOCc1cc(CO)ccc1-c1ccccc1S(=O)N(COC)c1noc(C)c1C. The second kappa shape index (κ2) is 10.7. The highest BCUT2D eigenvalue weighted by Gasteiger charge is 2.25. The molecule has 1 atom stereocenters. The first kappa shape index (κ1) is 23.1. The van der Waals surface area contributed by atoms with Gasteiger partial charge in [-0.3, -0.25) is 0 Å². The molecule has 0 aliphatic rings. The van der Waals surface area contributed by atoms with Crippen LogP contribution in [0.15, 0.2) is 51.9 Å². The number of aliphatic hydroxyl groups excluding tert-OH is 1. The van der Waals surface area contributed by atoms with Gasteiger partial charge in [0.1, 0.15) is 12.5 Å². The fraction of sp³-hybridized carbons (Fsp3) is 0.348. The van der Waals surface area contributed by atoms with Gasteiger partial charge in [0.25, 0.3) is 0 Å². The van der Waals surface area contributed by atoms with E-state index in [2.05, 4.69) is 5.16 Å². The number of benzene rings is 2. The van der Waals surface area contributed by atoms with Crippen molar-refractivity contribution in [1.82, 2.24) is 5.16 Å². The van der Waals surface area contributed by atoms with Crippen molar-refractivity contribution in [2.75, 3.05) is 24.8 Å². The number of aryl methyl sites for hydroxylation is 1. The topological polar surface area (TPSA) is 85.0 Å². The van der Waals surface area contributed by atoms with Gasteiger partial charge >= 0.3 is 0 Å². The molecule has 0 aliphatic carbocycles. The van der Waals surface area contributed by atoms with Gasteiger partial charge in [0.2, 0.25) is 0 Å². The van der Waals surface area contributed by atoms with Gasteiger partial charge in [0.15, 0.2) is 16.8 Å². The van der Waals surface area contributed by atoms with Gasteiger partial charge in [0.05, 0.1) is 18.1 Å². The minimum atomic E-state index is -1.61. The molecule has 0 radical (unpaired) electrons. The van der Waals surface area contributed by atoms with E-state index < -0.39 is 11.0 Å². The molecule has 0 aliphatic heterocycles. The van der Waals surface area contributed by atoms with Crippen LogP contribution in [0.25, 0.3) is 11.1 Å². The third-order valence-electron chi connectivity index (χ3n) is 4.99. The van der Waals surface area contributed by atoms with Crippen LogP contribution in [-0.4, -0.2) is 34.9 Å². The van der Waals surface area contributed by atoms with Crippen LogP contribution in [0.2, 0.25) is 0 Å². The molecule has 1 aromatic heterocycles. The lowest BCUT2D eigenvalue weighted by atomic mass is 9.98. The lowest BCUT2D eigenvalue weighted by Crippen LogP contribution is -2.29. The van der Waals surface area contributed by atoms with Gasteiger partial charge in [-0.2, -0.15) is 0 Å². The average Bonchev–Trinajstić information content (AvgIpc) is 3.13. The molecule has 0 fully saturated rings. The summed E-state index contributed by atoms with van der Waals surface area (Å²) in [4.78, 5) is 0.620. The molecule has 0 amide bonds. The van der Waals surface area contributed by atoms with E-state index in [9.17, 15) is 9.32 Å². The van der Waals surface area contributed by atoms with E-state index in [-0.39, 0.29) is 13.3 Å². The largest absolute Gasteiger partial charge is 0.392 e. The van der Waals surface area contributed by atoms with Crippen molar-refractivity contribution in [2.45, 2.75) is 38.9 Å². The van der Waals surface area contributed by atoms with Crippen LogP contribution in [0.1, 0.15) is 29.4 Å². The Morgan fingerprint density at radius 2 is 1.94 bits per heavy atom. The van der Waals surface area contributed by atoms with E-state index in [0.717, 1.165) is 27.8 Å². The predicted molar refractivity (Wildman–Crippen MR) is 120 cm³/mol. The first-order valence-electron chi connectivity index (χ1n) is 10.0. The summed E-state index contributed by atoms with van der Waals surface area (Å²) in [6, 6.07) is 13.2. The first-order valence-corrected chi connectivity index (χ1v) is 11.1.